The number of benzene rings is 2. The number of hydrogen-bond acceptors (Lipinski definition) is 8. The Morgan fingerprint density at radius 1 is 1.16 bits per heavy atom. The van der Waals surface area contributed by atoms with Crippen molar-refractivity contribution in [3.63, 3.8) is 0 Å². The van der Waals surface area contributed by atoms with E-state index in [1.165, 1.54) is 29.5 Å². The summed E-state index contributed by atoms with van der Waals surface area (Å²) in [4.78, 5) is 39.4. The van der Waals surface area contributed by atoms with Gasteiger partial charge in [0.15, 0.2) is 5.13 Å². The Morgan fingerprint density at radius 3 is 2.62 bits per heavy atom. The van der Waals surface area contributed by atoms with Crippen LogP contribution in [0.4, 0.5) is 10.8 Å². The lowest BCUT2D eigenvalue weighted by atomic mass is 10.1. The van der Waals surface area contributed by atoms with E-state index in [-0.39, 0.29) is 17.8 Å². The average molecular weight is 456 g/mol. The van der Waals surface area contributed by atoms with Crippen molar-refractivity contribution >= 4 is 34.0 Å². The lowest BCUT2D eigenvalue weighted by Gasteiger charge is -2.08. The Bertz CT molecular complexity index is 1180. The normalized spacial score (nSPS) is 10.3. The molecule has 3 rings (SSSR count). The van der Waals surface area contributed by atoms with Gasteiger partial charge in [-0.05, 0) is 31.2 Å². The van der Waals surface area contributed by atoms with Crippen molar-refractivity contribution in [2.24, 2.45) is 0 Å². The van der Waals surface area contributed by atoms with Crippen LogP contribution >= 0.6 is 11.3 Å². The number of rotatable bonds is 8. The molecule has 32 heavy (non-hydrogen) atoms. The summed E-state index contributed by atoms with van der Waals surface area (Å²) < 4.78 is 10.6. The summed E-state index contributed by atoms with van der Waals surface area (Å²) in [5.74, 6) is 0.162. The van der Waals surface area contributed by atoms with E-state index < -0.39 is 16.7 Å². The number of nitrogens with zero attached hydrogens (tertiary/aromatic N) is 2. The number of hydrogen-bond donors (Lipinski definition) is 2. The van der Waals surface area contributed by atoms with Crippen LogP contribution in [0.2, 0.25) is 0 Å². The van der Waals surface area contributed by atoms with Crippen LogP contribution in [0.5, 0.6) is 11.5 Å². The van der Waals surface area contributed by atoms with Crippen LogP contribution in [0.1, 0.15) is 15.9 Å². The van der Waals surface area contributed by atoms with Crippen LogP contribution < -0.4 is 20.1 Å². The second kappa shape index (κ2) is 9.88. The van der Waals surface area contributed by atoms with E-state index in [4.69, 9.17) is 9.47 Å². The van der Waals surface area contributed by atoms with E-state index in [1.54, 1.807) is 44.7 Å². The van der Waals surface area contributed by atoms with Gasteiger partial charge < -0.3 is 20.1 Å². The first-order chi connectivity index (χ1) is 15.3. The maximum absolute atomic E-state index is 12.3. The summed E-state index contributed by atoms with van der Waals surface area (Å²) >= 11 is 1.22. The van der Waals surface area contributed by atoms with Crippen LogP contribution in [-0.2, 0) is 4.79 Å². The number of aryl methyl sites for hydroxylation is 1. The molecular weight excluding hydrogens is 436 g/mol. The van der Waals surface area contributed by atoms with E-state index in [0.717, 1.165) is 0 Å². The maximum atomic E-state index is 12.3. The summed E-state index contributed by atoms with van der Waals surface area (Å²) in [6, 6.07) is 9.43. The Balaban J connectivity index is 1.63. The molecule has 2 amide bonds. The van der Waals surface area contributed by atoms with Gasteiger partial charge in [0.25, 0.3) is 11.6 Å². The third-order valence-electron chi connectivity index (χ3n) is 4.51. The molecule has 0 bridgehead atoms. The van der Waals surface area contributed by atoms with Crippen LogP contribution in [-0.4, -0.2) is 42.5 Å². The fraction of sp³-hybridized carbons (Fsp3) is 0.190. The summed E-state index contributed by atoms with van der Waals surface area (Å²) in [5.41, 5.74) is 1.67. The molecule has 2 aromatic carbocycles. The van der Waals surface area contributed by atoms with Gasteiger partial charge in [0, 0.05) is 28.1 Å². The number of nitrogens with one attached hydrogen (secondary N) is 2. The Kier molecular flexibility index (Phi) is 7.00. The molecule has 0 unspecified atom stereocenters. The molecule has 1 heterocycles. The minimum absolute atomic E-state index is 0.0942. The highest BCUT2D eigenvalue weighted by atomic mass is 32.1. The van der Waals surface area contributed by atoms with E-state index in [1.807, 2.05) is 0 Å². The number of anilines is 1. The predicted octanol–water partition coefficient (Wildman–Crippen LogP) is 3.41. The van der Waals surface area contributed by atoms with Crippen molar-refractivity contribution in [2.45, 2.75) is 6.92 Å². The average Bonchev–Trinajstić information content (AvgIpc) is 3.25. The molecule has 11 heteroatoms. The molecular formula is C21H20N4O6S. The molecule has 0 aliphatic heterocycles. The number of aromatic nitrogens is 1. The van der Waals surface area contributed by atoms with E-state index >= 15 is 0 Å². The number of carbonyl (C=O) groups is 2. The van der Waals surface area contributed by atoms with Crippen molar-refractivity contribution in [2.75, 3.05) is 26.1 Å². The smallest absolute Gasteiger partial charge is 0.273 e. The lowest BCUT2D eigenvalue weighted by Crippen LogP contribution is -2.32. The van der Waals surface area contributed by atoms with Gasteiger partial charge in [0.2, 0.25) is 5.91 Å². The number of carbonyl (C=O) groups excluding carboxylic acids is 2. The molecule has 0 saturated heterocycles. The van der Waals surface area contributed by atoms with Crippen LogP contribution in [0.25, 0.3) is 11.3 Å². The largest absolute Gasteiger partial charge is 0.497 e. The number of nitro benzene ring substituents is 1. The SMILES string of the molecule is COc1ccc(OC)c(-c2csc(NC(=O)CNC(=O)c3ccc(C)c([N+](=O)[O-])c3)n2)c1. The summed E-state index contributed by atoms with van der Waals surface area (Å²) in [5, 5.41) is 18.2. The van der Waals surface area contributed by atoms with Crippen molar-refractivity contribution < 1.29 is 24.0 Å². The lowest BCUT2D eigenvalue weighted by molar-refractivity contribution is -0.385. The van der Waals surface area contributed by atoms with Gasteiger partial charge in [-0.25, -0.2) is 4.98 Å². The molecule has 166 valence electrons. The monoisotopic (exact) mass is 456 g/mol. The van der Waals surface area contributed by atoms with Crippen molar-refractivity contribution in [1.82, 2.24) is 10.3 Å². The fourth-order valence-corrected chi connectivity index (χ4v) is 3.57. The van der Waals surface area contributed by atoms with Crippen LogP contribution in [0, 0.1) is 17.0 Å². The van der Waals surface area contributed by atoms with Gasteiger partial charge in [0.05, 0.1) is 31.4 Å². The number of amides is 2. The number of nitro groups is 1. The third-order valence-corrected chi connectivity index (χ3v) is 5.27. The first-order valence-electron chi connectivity index (χ1n) is 9.33. The molecule has 0 radical (unpaired) electrons. The topological polar surface area (TPSA) is 133 Å². The minimum Gasteiger partial charge on any atom is -0.497 e. The van der Waals surface area contributed by atoms with Crippen molar-refractivity contribution in [1.29, 1.82) is 0 Å². The Morgan fingerprint density at radius 2 is 1.94 bits per heavy atom. The second-order valence-electron chi connectivity index (χ2n) is 6.59. The van der Waals surface area contributed by atoms with E-state index in [0.29, 0.717) is 33.5 Å². The third kappa shape index (κ3) is 5.19. The predicted molar refractivity (Wildman–Crippen MR) is 119 cm³/mol. The summed E-state index contributed by atoms with van der Waals surface area (Å²) in [7, 11) is 3.10. The zero-order valence-electron chi connectivity index (χ0n) is 17.5. The Hall–Kier alpha value is -3.99. The molecule has 3 aromatic rings. The maximum Gasteiger partial charge on any atom is 0.273 e. The van der Waals surface area contributed by atoms with Crippen molar-refractivity contribution in [3.8, 4) is 22.8 Å². The van der Waals surface area contributed by atoms with Gasteiger partial charge >= 0.3 is 0 Å². The van der Waals surface area contributed by atoms with E-state index in [2.05, 4.69) is 15.6 Å². The number of ether oxygens (including phenoxy) is 2. The Labute approximate surface area is 187 Å². The van der Waals surface area contributed by atoms with E-state index in [9.17, 15) is 19.7 Å². The summed E-state index contributed by atoms with van der Waals surface area (Å²) in [6.07, 6.45) is 0. The highest BCUT2D eigenvalue weighted by Gasteiger charge is 2.17. The molecule has 0 aliphatic carbocycles. The standard InChI is InChI=1S/C21H20N4O6S/c1-12-4-5-13(8-17(12)25(28)29)20(27)22-10-19(26)24-21-23-16(11-32-21)15-9-14(30-2)6-7-18(15)31-3/h4-9,11H,10H2,1-3H3,(H,22,27)(H,23,24,26). The van der Waals surface area contributed by atoms with Gasteiger partial charge in [-0.3, -0.25) is 19.7 Å². The molecule has 2 N–H and O–H groups in total. The second-order valence-corrected chi connectivity index (χ2v) is 7.45. The highest BCUT2D eigenvalue weighted by Crippen LogP contribution is 2.35. The molecule has 0 aliphatic rings. The van der Waals surface area contributed by atoms with Crippen LogP contribution in [0.15, 0.2) is 41.8 Å². The highest BCUT2D eigenvalue weighted by molar-refractivity contribution is 7.14. The molecule has 0 saturated carbocycles. The van der Waals surface area contributed by atoms with Crippen LogP contribution in [0.3, 0.4) is 0 Å². The van der Waals surface area contributed by atoms with Crippen molar-refractivity contribution in [3.05, 3.63) is 63.0 Å². The molecule has 1 aromatic heterocycles. The zero-order chi connectivity index (χ0) is 23.3. The summed E-state index contributed by atoms with van der Waals surface area (Å²) in [6.45, 7) is 1.26. The molecule has 0 atom stereocenters. The zero-order valence-corrected chi connectivity index (χ0v) is 18.3. The van der Waals surface area contributed by atoms with Gasteiger partial charge in [0.1, 0.15) is 11.5 Å². The quantitative estimate of drug-likeness (QED) is 0.392. The minimum atomic E-state index is -0.593. The molecule has 0 spiro atoms. The van der Waals surface area contributed by atoms with Gasteiger partial charge in [-0.2, -0.15) is 0 Å². The molecule has 10 nitrogen and oxygen atoms in total. The fourth-order valence-electron chi connectivity index (χ4n) is 2.84. The number of methoxy groups -OCH3 is 2. The first-order valence-corrected chi connectivity index (χ1v) is 10.2. The first kappa shape index (κ1) is 22.7. The molecule has 0 fully saturated rings. The number of thiazole rings is 1. The van der Waals surface area contributed by atoms with Gasteiger partial charge in [-0.15, -0.1) is 11.3 Å². The van der Waals surface area contributed by atoms with Gasteiger partial charge in [-0.1, -0.05) is 6.07 Å².